The number of nitro groups is 1. The first-order valence-electron chi connectivity index (χ1n) is 10.0. The smallest absolute Gasteiger partial charge is 0.270 e. The fourth-order valence-corrected chi connectivity index (χ4v) is 4.05. The number of fused-ring (bicyclic) bond motifs is 1. The summed E-state index contributed by atoms with van der Waals surface area (Å²) < 4.78 is 0. The topological polar surface area (TPSA) is 104 Å². The van der Waals surface area contributed by atoms with Crippen molar-refractivity contribution in [3.05, 3.63) is 68.8 Å². The van der Waals surface area contributed by atoms with Gasteiger partial charge in [0.2, 0.25) is 5.91 Å². The first-order valence-corrected chi connectivity index (χ1v) is 10.0. The van der Waals surface area contributed by atoms with Crippen LogP contribution in [0.5, 0.6) is 0 Å². The van der Waals surface area contributed by atoms with Gasteiger partial charge in [0, 0.05) is 44.0 Å². The molecule has 0 spiro atoms. The molecule has 2 aromatic rings. The van der Waals surface area contributed by atoms with E-state index in [1.165, 1.54) is 23.3 Å². The molecule has 1 saturated heterocycles. The first kappa shape index (κ1) is 20.5. The minimum absolute atomic E-state index is 0.0354. The summed E-state index contributed by atoms with van der Waals surface area (Å²) in [4.78, 5) is 53.0. The van der Waals surface area contributed by atoms with Crippen LogP contribution in [0.2, 0.25) is 0 Å². The zero-order valence-electron chi connectivity index (χ0n) is 17.3. The van der Waals surface area contributed by atoms with Crippen LogP contribution in [0.3, 0.4) is 0 Å². The van der Waals surface area contributed by atoms with E-state index in [0.717, 1.165) is 16.7 Å². The zero-order chi connectivity index (χ0) is 22.3. The molecule has 0 aromatic heterocycles. The van der Waals surface area contributed by atoms with E-state index in [4.69, 9.17) is 0 Å². The van der Waals surface area contributed by atoms with Crippen LogP contribution in [-0.4, -0.2) is 65.2 Å². The lowest BCUT2D eigenvalue weighted by Crippen LogP contribution is -2.52. The van der Waals surface area contributed by atoms with Gasteiger partial charge in [-0.1, -0.05) is 12.1 Å². The SMILES string of the molecule is Cc1cccc(N2CCN(C(=O)CN3C(=O)c4ccc([N+](=O)[O-])cc4C3=O)CC2)c1C. The van der Waals surface area contributed by atoms with Crippen LogP contribution in [0.4, 0.5) is 11.4 Å². The number of amides is 3. The summed E-state index contributed by atoms with van der Waals surface area (Å²) in [5, 5.41) is 11.0. The van der Waals surface area contributed by atoms with Crippen LogP contribution in [0.1, 0.15) is 31.8 Å². The predicted octanol–water partition coefficient (Wildman–Crippen LogP) is 2.16. The molecular formula is C22H22N4O5. The van der Waals surface area contributed by atoms with E-state index < -0.39 is 16.7 Å². The maximum atomic E-state index is 12.8. The van der Waals surface area contributed by atoms with E-state index in [-0.39, 0.29) is 29.3 Å². The monoisotopic (exact) mass is 422 g/mol. The second-order valence-corrected chi connectivity index (χ2v) is 7.77. The third-order valence-electron chi connectivity index (χ3n) is 6.01. The van der Waals surface area contributed by atoms with E-state index in [0.29, 0.717) is 26.2 Å². The molecule has 2 aromatic carbocycles. The van der Waals surface area contributed by atoms with Gasteiger partial charge in [-0.3, -0.25) is 29.4 Å². The number of nitrogens with zero attached hydrogens (tertiary/aromatic N) is 4. The van der Waals surface area contributed by atoms with Crippen molar-refractivity contribution in [2.24, 2.45) is 0 Å². The number of aryl methyl sites for hydroxylation is 1. The maximum absolute atomic E-state index is 12.8. The van der Waals surface area contributed by atoms with Crippen molar-refractivity contribution in [1.82, 2.24) is 9.80 Å². The molecule has 0 radical (unpaired) electrons. The van der Waals surface area contributed by atoms with Crippen molar-refractivity contribution in [3.8, 4) is 0 Å². The summed E-state index contributed by atoms with van der Waals surface area (Å²) in [5.41, 5.74) is 3.35. The second kappa shape index (κ2) is 7.82. The number of carbonyl (C=O) groups is 3. The molecule has 9 nitrogen and oxygen atoms in total. The Kier molecular flexibility index (Phi) is 5.18. The van der Waals surface area contributed by atoms with Gasteiger partial charge in [0.15, 0.2) is 0 Å². The lowest BCUT2D eigenvalue weighted by molar-refractivity contribution is -0.384. The van der Waals surface area contributed by atoms with Crippen molar-refractivity contribution in [2.45, 2.75) is 13.8 Å². The summed E-state index contributed by atoms with van der Waals surface area (Å²) in [7, 11) is 0. The average molecular weight is 422 g/mol. The number of non-ortho nitro benzene ring substituents is 1. The molecule has 2 aliphatic rings. The molecule has 0 N–H and O–H groups in total. The normalized spacial score (nSPS) is 16.0. The Morgan fingerprint density at radius 1 is 1.00 bits per heavy atom. The number of carbonyl (C=O) groups excluding carboxylic acids is 3. The number of anilines is 1. The Labute approximate surface area is 179 Å². The second-order valence-electron chi connectivity index (χ2n) is 7.77. The Hall–Kier alpha value is -3.75. The van der Waals surface area contributed by atoms with Gasteiger partial charge in [-0.2, -0.15) is 0 Å². The zero-order valence-corrected chi connectivity index (χ0v) is 17.3. The fraction of sp³-hybridized carbons (Fsp3) is 0.318. The molecule has 2 heterocycles. The molecule has 0 saturated carbocycles. The van der Waals surface area contributed by atoms with E-state index in [1.807, 2.05) is 6.07 Å². The Morgan fingerprint density at radius 3 is 2.35 bits per heavy atom. The molecule has 31 heavy (non-hydrogen) atoms. The number of imide groups is 1. The average Bonchev–Trinajstić information content (AvgIpc) is 3.00. The number of piperazine rings is 1. The highest BCUT2D eigenvalue weighted by Crippen LogP contribution is 2.27. The molecule has 1 fully saturated rings. The lowest BCUT2D eigenvalue weighted by atomic mass is 10.1. The summed E-state index contributed by atoms with van der Waals surface area (Å²) in [6.45, 7) is 6.06. The highest BCUT2D eigenvalue weighted by Gasteiger charge is 2.38. The van der Waals surface area contributed by atoms with E-state index in [2.05, 4.69) is 30.9 Å². The Morgan fingerprint density at radius 2 is 1.68 bits per heavy atom. The number of nitro benzene ring substituents is 1. The van der Waals surface area contributed by atoms with Gasteiger partial charge < -0.3 is 9.80 Å². The third-order valence-corrected chi connectivity index (χ3v) is 6.01. The molecule has 0 atom stereocenters. The van der Waals surface area contributed by atoms with E-state index in [9.17, 15) is 24.5 Å². The largest absolute Gasteiger partial charge is 0.368 e. The third kappa shape index (κ3) is 3.63. The molecular weight excluding hydrogens is 400 g/mol. The predicted molar refractivity (Wildman–Crippen MR) is 113 cm³/mol. The number of hydrogen-bond acceptors (Lipinski definition) is 6. The minimum atomic E-state index is -0.675. The molecule has 4 rings (SSSR count). The van der Waals surface area contributed by atoms with Crippen LogP contribution in [0.25, 0.3) is 0 Å². The lowest BCUT2D eigenvalue weighted by Gasteiger charge is -2.37. The highest BCUT2D eigenvalue weighted by atomic mass is 16.6. The molecule has 3 amide bonds. The molecule has 0 unspecified atom stereocenters. The van der Waals surface area contributed by atoms with Gasteiger partial charge in [0.05, 0.1) is 16.1 Å². The maximum Gasteiger partial charge on any atom is 0.270 e. The van der Waals surface area contributed by atoms with Gasteiger partial charge in [-0.25, -0.2) is 0 Å². The Bertz CT molecular complexity index is 1110. The fourth-order valence-electron chi connectivity index (χ4n) is 4.05. The van der Waals surface area contributed by atoms with Gasteiger partial charge in [0.1, 0.15) is 6.54 Å². The van der Waals surface area contributed by atoms with E-state index >= 15 is 0 Å². The number of benzene rings is 2. The van der Waals surface area contributed by atoms with Gasteiger partial charge in [-0.05, 0) is 37.1 Å². The van der Waals surface area contributed by atoms with Gasteiger partial charge in [0.25, 0.3) is 17.5 Å². The van der Waals surface area contributed by atoms with Crippen molar-refractivity contribution >= 4 is 29.1 Å². The van der Waals surface area contributed by atoms with Crippen molar-refractivity contribution in [1.29, 1.82) is 0 Å². The van der Waals surface area contributed by atoms with Crippen LogP contribution in [0, 0.1) is 24.0 Å². The van der Waals surface area contributed by atoms with Gasteiger partial charge >= 0.3 is 0 Å². The number of hydrogen-bond donors (Lipinski definition) is 0. The summed E-state index contributed by atoms with van der Waals surface area (Å²) in [6.07, 6.45) is 0. The molecule has 0 bridgehead atoms. The molecule has 160 valence electrons. The summed E-state index contributed by atoms with van der Waals surface area (Å²) in [5.74, 6) is -1.59. The van der Waals surface area contributed by atoms with Crippen molar-refractivity contribution in [2.75, 3.05) is 37.6 Å². The van der Waals surface area contributed by atoms with Crippen LogP contribution < -0.4 is 4.90 Å². The molecule has 9 heteroatoms. The van der Waals surface area contributed by atoms with Crippen LogP contribution >= 0.6 is 0 Å². The number of rotatable bonds is 4. The molecule has 2 aliphatic heterocycles. The standard InChI is InChI=1S/C22H22N4O5/c1-14-4-3-5-19(15(14)2)23-8-10-24(11-9-23)20(27)13-25-21(28)17-7-6-16(26(30)31)12-18(17)22(25)29/h3-7,12H,8-11,13H2,1-2H3. The van der Waals surface area contributed by atoms with Crippen molar-refractivity contribution < 1.29 is 19.3 Å². The van der Waals surface area contributed by atoms with Crippen LogP contribution in [0.15, 0.2) is 36.4 Å². The molecule has 0 aliphatic carbocycles. The quantitative estimate of drug-likeness (QED) is 0.425. The summed E-state index contributed by atoms with van der Waals surface area (Å²) in [6, 6.07) is 9.68. The van der Waals surface area contributed by atoms with E-state index in [1.54, 1.807) is 4.90 Å². The van der Waals surface area contributed by atoms with Crippen molar-refractivity contribution in [3.63, 3.8) is 0 Å². The minimum Gasteiger partial charge on any atom is -0.368 e. The first-order chi connectivity index (χ1) is 14.8. The van der Waals surface area contributed by atoms with Crippen LogP contribution in [-0.2, 0) is 4.79 Å². The Balaban J connectivity index is 1.41. The highest BCUT2D eigenvalue weighted by molar-refractivity contribution is 6.22. The van der Waals surface area contributed by atoms with Gasteiger partial charge in [-0.15, -0.1) is 0 Å². The summed E-state index contributed by atoms with van der Waals surface area (Å²) >= 11 is 0.